The van der Waals surface area contributed by atoms with Crippen molar-refractivity contribution in [1.29, 1.82) is 0 Å². The molecule has 0 nitrogen and oxygen atoms in total. The third-order valence-electron chi connectivity index (χ3n) is 1.16. The molecule has 0 unspecified atom stereocenters. The van der Waals surface area contributed by atoms with Gasteiger partial charge >= 0.3 is 0 Å². The Labute approximate surface area is 55.5 Å². The smallest absolute Gasteiger partial charge is 0 e. The van der Waals surface area contributed by atoms with Crippen LogP contribution in [0.1, 0.15) is 25.7 Å². The Morgan fingerprint density at radius 3 is 1.43 bits per heavy atom. The molecule has 1 radical (unpaired) electrons. The second kappa shape index (κ2) is 4.42. The van der Waals surface area contributed by atoms with Gasteiger partial charge in [0, 0.05) is 17.1 Å². The van der Waals surface area contributed by atoms with E-state index in [0.29, 0.717) is 0 Å². The van der Waals surface area contributed by atoms with Crippen LogP contribution >= 0.6 is 0 Å². The molecule has 0 atom stereocenters. The van der Waals surface area contributed by atoms with Crippen molar-refractivity contribution in [3.8, 4) is 0 Å². The van der Waals surface area contributed by atoms with Crippen molar-refractivity contribution in [3.63, 3.8) is 0 Å². The van der Waals surface area contributed by atoms with Gasteiger partial charge in [-0.2, -0.15) is 0 Å². The summed E-state index contributed by atoms with van der Waals surface area (Å²) in [6, 6.07) is 0. The van der Waals surface area contributed by atoms with E-state index in [0.717, 1.165) is 0 Å². The summed E-state index contributed by atoms with van der Waals surface area (Å²) >= 11 is 0. The summed E-state index contributed by atoms with van der Waals surface area (Å²) in [4.78, 5) is 0. The Morgan fingerprint density at radius 2 is 1.29 bits per heavy atom. The first-order chi connectivity index (χ1) is 3.00. The fourth-order valence-electron chi connectivity index (χ4n) is 0.760. The monoisotopic (exact) mass is 145 g/mol. The average molecular weight is 146 g/mol. The zero-order valence-electron chi connectivity index (χ0n) is 4.28. The van der Waals surface area contributed by atoms with Crippen molar-refractivity contribution < 1.29 is 17.1 Å². The number of rotatable bonds is 0. The zero-order chi connectivity index (χ0) is 4.24. The van der Waals surface area contributed by atoms with E-state index >= 15 is 0 Å². The molecule has 0 fully saturated rings. The summed E-state index contributed by atoms with van der Waals surface area (Å²) in [5.41, 5.74) is 0. The molecule has 7 heavy (non-hydrogen) atoms. The molecule has 0 spiro atoms. The molecule has 0 N–H and O–H groups in total. The van der Waals surface area contributed by atoms with Gasteiger partial charge in [-0.15, -0.1) is 0 Å². The summed E-state index contributed by atoms with van der Waals surface area (Å²) in [7, 11) is 0. The maximum Gasteiger partial charge on any atom is 0 e. The van der Waals surface area contributed by atoms with Crippen LogP contribution < -0.4 is 0 Å². The van der Waals surface area contributed by atoms with Crippen LogP contribution in [0.2, 0.25) is 0 Å². The van der Waals surface area contributed by atoms with Gasteiger partial charge in [0.1, 0.15) is 0 Å². The first-order valence-corrected chi connectivity index (χ1v) is 2.65. The Kier molecular flexibility index (Phi) is 4.58. The van der Waals surface area contributed by atoms with E-state index in [-0.39, 0.29) is 17.1 Å². The molecule has 0 aromatic carbocycles. The van der Waals surface area contributed by atoms with E-state index in [1.165, 1.54) is 25.7 Å². The molecule has 0 heterocycles. The van der Waals surface area contributed by atoms with Crippen LogP contribution in [0.15, 0.2) is 12.2 Å². The largest absolute Gasteiger partial charge is 0.0885 e. The van der Waals surface area contributed by atoms with Crippen molar-refractivity contribution in [2.75, 3.05) is 0 Å². The maximum atomic E-state index is 2.27. The summed E-state index contributed by atoms with van der Waals surface area (Å²) in [5.74, 6) is 0. The molecule has 0 aromatic rings. The van der Waals surface area contributed by atoms with Gasteiger partial charge in [-0.3, -0.25) is 0 Å². The number of hydrogen-bond donors (Lipinski definition) is 0. The SMILES string of the molecule is C1=CCCCC1.[Cu]. The van der Waals surface area contributed by atoms with Crippen molar-refractivity contribution in [1.82, 2.24) is 0 Å². The van der Waals surface area contributed by atoms with Crippen molar-refractivity contribution in [2.45, 2.75) is 25.7 Å². The van der Waals surface area contributed by atoms with Gasteiger partial charge in [0.25, 0.3) is 0 Å². The van der Waals surface area contributed by atoms with Gasteiger partial charge in [-0.25, -0.2) is 0 Å². The number of hydrogen-bond acceptors (Lipinski definition) is 0. The van der Waals surface area contributed by atoms with E-state index in [9.17, 15) is 0 Å². The Balaban J connectivity index is 0.000000360. The minimum Gasteiger partial charge on any atom is -0.0885 e. The molecular formula is C6H10Cu. The normalized spacial score (nSPS) is 18.3. The van der Waals surface area contributed by atoms with Crippen LogP contribution in [0.5, 0.6) is 0 Å². The first-order valence-electron chi connectivity index (χ1n) is 2.65. The van der Waals surface area contributed by atoms with Gasteiger partial charge in [0.2, 0.25) is 0 Å². The van der Waals surface area contributed by atoms with Crippen molar-refractivity contribution >= 4 is 0 Å². The standard InChI is InChI=1S/C6H10.Cu/c1-2-4-6-5-3-1;/h1-2H,3-6H2;. The van der Waals surface area contributed by atoms with Gasteiger partial charge in [0.05, 0.1) is 0 Å². The molecule has 1 aliphatic rings. The molecule has 1 aliphatic carbocycles. The third kappa shape index (κ3) is 2.90. The maximum absolute atomic E-state index is 2.27. The predicted octanol–water partition coefficient (Wildman–Crippen LogP) is 2.11. The van der Waals surface area contributed by atoms with Crippen LogP contribution in [0.3, 0.4) is 0 Å². The molecular weight excluding hydrogens is 136 g/mol. The molecule has 0 aromatic heterocycles. The molecule has 1 rings (SSSR count). The van der Waals surface area contributed by atoms with E-state index in [1.807, 2.05) is 0 Å². The summed E-state index contributed by atoms with van der Waals surface area (Å²) in [5, 5.41) is 0. The molecule has 1 heteroatoms. The van der Waals surface area contributed by atoms with Crippen LogP contribution in [0.4, 0.5) is 0 Å². The first kappa shape index (κ1) is 7.26. The van der Waals surface area contributed by atoms with Crippen molar-refractivity contribution in [3.05, 3.63) is 12.2 Å². The Hall–Kier alpha value is 0.259. The average Bonchev–Trinajstić information content (AvgIpc) is 1.72. The molecule has 0 bridgehead atoms. The molecule has 45 valence electrons. The zero-order valence-corrected chi connectivity index (χ0v) is 5.23. The molecule has 0 saturated heterocycles. The second-order valence-corrected chi connectivity index (χ2v) is 1.76. The second-order valence-electron chi connectivity index (χ2n) is 1.76. The summed E-state index contributed by atoms with van der Waals surface area (Å²) in [6.45, 7) is 0. The van der Waals surface area contributed by atoms with Gasteiger partial charge in [0.15, 0.2) is 0 Å². The summed E-state index contributed by atoms with van der Waals surface area (Å²) in [6.07, 6.45) is 10.0. The third-order valence-corrected chi connectivity index (χ3v) is 1.16. The van der Waals surface area contributed by atoms with E-state index in [1.54, 1.807) is 0 Å². The van der Waals surface area contributed by atoms with Crippen molar-refractivity contribution in [2.24, 2.45) is 0 Å². The van der Waals surface area contributed by atoms with E-state index in [2.05, 4.69) is 12.2 Å². The molecule has 0 saturated carbocycles. The van der Waals surface area contributed by atoms with Gasteiger partial charge in [-0.05, 0) is 25.7 Å². The van der Waals surface area contributed by atoms with Crippen LogP contribution in [0.25, 0.3) is 0 Å². The van der Waals surface area contributed by atoms with Crippen LogP contribution in [0, 0.1) is 0 Å². The van der Waals surface area contributed by atoms with E-state index in [4.69, 9.17) is 0 Å². The van der Waals surface area contributed by atoms with Gasteiger partial charge < -0.3 is 0 Å². The predicted molar refractivity (Wildman–Crippen MR) is 27.6 cm³/mol. The minimum absolute atomic E-state index is 0. The van der Waals surface area contributed by atoms with Gasteiger partial charge in [-0.1, -0.05) is 12.2 Å². The minimum atomic E-state index is 0. The number of allylic oxidation sites excluding steroid dienone is 2. The van der Waals surface area contributed by atoms with E-state index < -0.39 is 0 Å². The quantitative estimate of drug-likeness (QED) is 0.362. The molecule has 0 aliphatic heterocycles. The summed E-state index contributed by atoms with van der Waals surface area (Å²) < 4.78 is 0. The fourth-order valence-corrected chi connectivity index (χ4v) is 0.760. The Morgan fingerprint density at radius 1 is 0.857 bits per heavy atom. The Bertz CT molecular complexity index is 49.2. The van der Waals surface area contributed by atoms with Crippen LogP contribution in [-0.2, 0) is 17.1 Å². The van der Waals surface area contributed by atoms with Crippen LogP contribution in [-0.4, -0.2) is 0 Å². The fraction of sp³-hybridized carbons (Fsp3) is 0.667. The topological polar surface area (TPSA) is 0 Å². The molecule has 0 amide bonds.